The van der Waals surface area contributed by atoms with Crippen LogP contribution in [0.2, 0.25) is 0 Å². The van der Waals surface area contributed by atoms with Gasteiger partial charge in [0.25, 0.3) is 0 Å². The number of amides is 2. The number of carbonyl (C=O) groups is 4. The number of carboxylic acid groups (broad SMARTS) is 2. The molecule has 10 heteroatoms. The highest BCUT2D eigenvalue weighted by molar-refractivity contribution is 5.99. The second-order valence-corrected chi connectivity index (χ2v) is 13.3. The summed E-state index contributed by atoms with van der Waals surface area (Å²) in [5.41, 5.74) is 3.52. The number of hydrogen-bond acceptors (Lipinski definition) is 6. The van der Waals surface area contributed by atoms with Gasteiger partial charge in [0.15, 0.2) is 0 Å². The fourth-order valence-electron chi connectivity index (χ4n) is 6.84. The molecule has 2 N–H and O–H groups in total. The molecule has 0 unspecified atom stereocenters. The number of carboxylic acids is 2. The first kappa shape index (κ1) is 37.6. The van der Waals surface area contributed by atoms with Gasteiger partial charge in [0, 0.05) is 26.2 Å². The van der Waals surface area contributed by atoms with E-state index >= 15 is 0 Å². The van der Waals surface area contributed by atoms with Crippen LogP contribution in [-0.2, 0) is 32.3 Å². The number of para-hydroxylation sites is 2. The molecular weight excluding hydrogens is 660 g/mol. The lowest BCUT2D eigenvalue weighted by Crippen LogP contribution is -2.64. The van der Waals surface area contributed by atoms with Gasteiger partial charge in [0.05, 0.1) is 23.7 Å². The number of aliphatic carboxylic acids is 2. The number of carbonyl (C=O) groups excluding carboxylic acids is 2. The van der Waals surface area contributed by atoms with Gasteiger partial charge in [-0.25, -0.2) is 0 Å². The van der Waals surface area contributed by atoms with Crippen molar-refractivity contribution in [2.75, 3.05) is 13.1 Å². The molecule has 4 aromatic carbocycles. The van der Waals surface area contributed by atoms with Crippen LogP contribution in [0.5, 0.6) is 23.0 Å². The van der Waals surface area contributed by atoms with Crippen molar-refractivity contribution in [1.82, 2.24) is 9.80 Å². The predicted octanol–water partition coefficient (Wildman–Crippen LogP) is 7.71. The number of rotatable bonds is 16. The molecule has 0 atom stereocenters. The van der Waals surface area contributed by atoms with E-state index in [0.29, 0.717) is 37.4 Å². The van der Waals surface area contributed by atoms with Crippen LogP contribution in [0, 0.1) is 37.5 Å². The Bertz CT molecular complexity index is 1730. The van der Waals surface area contributed by atoms with Crippen LogP contribution < -0.4 is 9.47 Å². The molecule has 5 rings (SSSR count). The molecule has 0 radical (unpaired) electrons. The third kappa shape index (κ3) is 8.62. The summed E-state index contributed by atoms with van der Waals surface area (Å²) in [5, 5.41) is 20.7. The molecule has 272 valence electrons. The Morgan fingerprint density at radius 2 is 0.885 bits per heavy atom. The molecule has 10 nitrogen and oxygen atoms in total. The fraction of sp³-hybridized carbons (Fsp3) is 0.333. The molecule has 1 saturated carbocycles. The number of ether oxygens (including phenoxy) is 2. The van der Waals surface area contributed by atoms with Gasteiger partial charge in [-0.2, -0.15) is 0 Å². The average molecular weight is 707 g/mol. The van der Waals surface area contributed by atoms with Crippen LogP contribution in [0.3, 0.4) is 0 Å². The van der Waals surface area contributed by atoms with Crippen LogP contribution in [0.4, 0.5) is 0 Å². The molecule has 4 aromatic rings. The molecule has 1 aliphatic rings. The maximum atomic E-state index is 14.1. The minimum Gasteiger partial charge on any atom is -0.481 e. The van der Waals surface area contributed by atoms with Gasteiger partial charge < -0.3 is 29.5 Å². The maximum absolute atomic E-state index is 14.1. The second-order valence-electron chi connectivity index (χ2n) is 13.3. The Morgan fingerprint density at radius 1 is 0.538 bits per heavy atom. The smallest absolute Gasteiger partial charge is 0.308 e. The Hall–Kier alpha value is -5.64. The van der Waals surface area contributed by atoms with Crippen LogP contribution >= 0.6 is 0 Å². The van der Waals surface area contributed by atoms with Gasteiger partial charge >= 0.3 is 11.9 Å². The van der Waals surface area contributed by atoms with E-state index in [1.807, 2.05) is 100 Å². The lowest BCUT2D eigenvalue weighted by Gasteiger charge is -2.48. The highest BCUT2D eigenvalue weighted by atomic mass is 16.5. The van der Waals surface area contributed by atoms with E-state index in [1.54, 1.807) is 24.3 Å². The number of aryl methyl sites for hydroxylation is 2. The largest absolute Gasteiger partial charge is 0.481 e. The highest BCUT2D eigenvalue weighted by Gasteiger charge is 2.64. The van der Waals surface area contributed by atoms with Crippen molar-refractivity contribution in [2.24, 2.45) is 23.7 Å². The first-order chi connectivity index (χ1) is 25.0. The topological polar surface area (TPSA) is 134 Å². The minimum absolute atomic E-state index is 0.149. The quantitative estimate of drug-likeness (QED) is 0.121. The Labute approximate surface area is 304 Å². The molecule has 52 heavy (non-hydrogen) atoms. The van der Waals surface area contributed by atoms with Crippen molar-refractivity contribution in [1.29, 1.82) is 0 Å². The van der Waals surface area contributed by atoms with Crippen LogP contribution in [0.15, 0.2) is 97.1 Å². The van der Waals surface area contributed by atoms with Gasteiger partial charge in [-0.3, -0.25) is 19.2 Å². The van der Waals surface area contributed by atoms with Gasteiger partial charge in [-0.1, -0.05) is 74.5 Å². The molecule has 2 amide bonds. The maximum Gasteiger partial charge on any atom is 0.308 e. The lowest BCUT2D eigenvalue weighted by atomic mass is 9.55. The Balaban J connectivity index is 1.31. The summed E-state index contributed by atoms with van der Waals surface area (Å²) in [6.07, 6.45) is 1.15. The molecule has 1 aliphatic carbocycles. The van der Waals surface area contributed by atoms with E-state index < -0.39 is 47.4 Å². The van der Waals surface area contributed by atoms with E-state index in [2.05, 4.69) is 0 Å². The third-order valence-corrected chi connectivity index (χ3v) is 9.53. The molecule has 0 aliphatic heterocycles. The first-order valence-corrected chi connectivity index (χ1v) is 17.7. The monoisotopic (exact) mass is 706 g/mol. The lowest BCUT2D eigenvalue weighted by molar-refractivity contribution is -0.187. The fourth-order valence-corrected chi connectivity index (χ4v) is 6.84. The van der Waals surface area contributed by atoms with Gasteiger partial charge in [-0.05, 0) is 85.3 Å². The molecule has 0 heterocycles. The molecule has 0 spiro atoms. The van der Waals surface area contributed by atoms with Crippen molar-refractivity contribution in [3.63, 3.8) is 0 Å². The highest BCUT2D eigenvalue weighted by Crippen LogP contribution is 2.49. The van der Waals surface area contributed by atoms with E-state index in [1.165, 1.54) is 9.80 Å². The summed E-state index contributed by atoms with van der Waals surface area (Å²) >= 11 is 0. The third-order valence-electron chi connectivity index (χ3n) is 9.53. The van der Waals surface area contributed by atoms with E-state index in [9.17, 15) is 29.4 Å². The first-order valence-electron chi connectivity index (χ1n) is 17.7. The van der Waals surface area contributed by atoms with Crippen LogP contribution in [0.25, 0.3) is 0 Å². The van der Waals surface area contributed by atoms with E-state index in [0.717, 1.165) is 33.8 Å². The van der Waals surface area contributed by atoms with Crippen molar-refractivity contribution in [3.05, 3.63) is 119 Å². The molecule has 0 aromatic heterocycles. The summed E-state index contributed by atoms with van der Waals surface area (Å²) in [6.45, 7) is 8.57. The van der Waals surface area contributed by atoms with Crippen molar-refractivity contribution < 1.29 is 38.9 Å². The summed E-state index contributed by atoms with van der Waals surface area (Å²) in [6, 6.07) is 29.8. The Morgan fingerprint density at radius 3 is 1.19 bits per heavy atom. The second kappa shape index (κ2) is 17.0. The zero-order chi connectivity index (χ0) is 37.4. The van der Waals surface area contributed by atoms with Gasteiger partial charge in [0.1, 0.15) is 23.0 Å². The normalized spacial score (nSPS) is 17.8. The molecule has 0 saturated heterocycles. The molecule has 1 fully saturated rings. The Kier molecular flexibility index (Phi) is 12.3. The van der Waals surface area contributed by atoms with Crippen molar-refractivity contribution >= 4 is 23.8 Å². The number of benzene rings is 4. The standard InChI is InChI=1S/C42H46N2O8/c1-5-23-43(25-29-15-19-31(20-16-29)51-33-13-9-7-11-27(33)3)39(45)35-37(41(47)48)36(38(35)42(49)50)40(46)44(24-6-2)26-30-17-21-32(22-18-30)52-34-14-10-8-12-28(34)4/h7-22,35-38H,5-6,23-26H2,1-4H3,(H,47,48)(H,49,50)/t35-,36-,37-,38-. The van der Waals surface area contributed by atoms with Gasteiger partial charge in [-0.15, -0.1) is 0 Å². The van der Waals surface area contributed by atoms with Crippen molar-refractivity contribution in [3.8, 4) is 23.0 Å². The summed E-state index contributed by atoms with van der Waals surface area (Å²) in [5.74, 6) is -6.94. The van der Waals surface area contributed by atoms with Crippen molar-refractivity contribution in [2.45, 2.75) is 53.6 Å². The summed E-state index contributed by atoms with van der Waals surface area (Å²) in [4.78, 5) is 56.6. The zero-order valence-corrected chi connectivity index (χ0v) is 30.0. The number of hydrogen-bond donors (Lipinski definition) is 2. The SMILES string of the molecule is CCCN(Cc1ccc(Oc2ccccc2C)cc1)C(=O)[C@H]1[C@H](C(=O)O)[C@H](C(=O)N(CCC)Cc2ccc(Oc3ccccc3C)cc2)[C@H]1C(=O)O. The van der Waals surface area contributed by atoms with Crippen LogP contribution in [0.1, 0.15) is 48.9 Å². The zero-order valence-electron chi connectivity index (χ0n) is 30.0. The number of nitrogens with zero attached hydrogens (tertiary/aromatic N) is 2. The van der Waals surface area contributed by atoms with E-state index in [4.69, 9.17) is 9.47 Å². The molecular formula is C42H46N2O8. The van der Waals surface area contributed by atoms with Gasteiger partial charge in [0.2, 0.25) is 11.8 Å². The average Bonchev–Trinajstić information content (AvgIpc) is 3.10. The summed E-state index contributed by atoms with van der Waals surface area (Å²) < 4.78 is 12.0. The molecule has 0 bridgehead atoms. The van der Waals surface area contributed by atoms with Crippen LogP contribution in [-0.4, -0.2) is 56.9 Å². The minimum atomic E-state index is -1.48. The summed E-state index contributed by atoms with van der Waals surface area (Å²) in [7, 11) is 0. The predicted molar refractivity (Wildman–Crippen MR) is 196 cm³/mol. The van der Waals surface area contributed by atoms with E-state index in [-0.39, 0.29) is 13.1 Å².